The maximum absolute atomic E-state index is 12.2. The molecule has 3 N–H and O–H groups in total. The van der Waals surface area contributed by atoms with Gasteiger partial charge in [-0.1, -0.05) is 30.3 Å². The van der Waals surface area contributed by atoms with Crippen LogP contribution in [-0.4, -0.2) is 31.7 Å². The molecule has 0 aliphatic rings. The molecular weight excluding hydrogens is 420 g/mol. The van der Waals surface area contributed by atoms with Crippen molar-refractivity contribution in [2.45, 2.75) is 13.8 Å². The van der Waals surface area contributed by atoms with Crippen molar-refractivity contribution in [3.63, 3.8) is 0 Å². The first kappa shape index (κ1) is 23.3. The zero-order chi connectivity index (χ0) is 23.6. The lowest BCUT2D eigenvalue weighted by molar-refractivity contribution is -0.136. The first-order chi connectivity index (χ1) is 16.0. The standard InChI is InChI=1S/C25H26N4O4/c1-4-33-20-14-12-19(13-15-20)27-24(30)25(31)29-26-16-18-9-7-11-22(32-3)23(18)28-21-10-6-5-8-17(21)2/h5-16,28H,4H2,1-3H3,(H,27,30)(H,29,31)/b26-16-. The van der Waals surface area contributed by atoms with Crippen LogP contribution in [0.15, 0.2) is 71.8 Å². The van der Waals surface area contributed by atoms with E-state index in [9.17, 15) is 9.59 Å². The van der Waals surface area contributed by atoms with Crippen LogP contribution >= 0.6 is 0 Å². The van der Waals surface area contributed by atoms with Crippen molar-refractivity contribution >= 4 is 35.1 Å². The van der Waals surface area contributed by atoms with Gasteiger partial charge in [-0.25, -0.2) is 5.43 Å². The number of benzene rings is 3. The van der Waals surface area contributed by atoms with E-state index in [0.717, 1.165) is 11.3 Å². The molecule has 3 aromatic rings. The summed E-state index contributed by atoms with van der Waals surface area (Å²) in [6.07, 6.45) is 1.45. The Morgan fingerprint density at radius 2 is 1.73 bits per heavy atom. The van der Waals surface area contributed by atoms with Crippen molar-refractivity contribution in [1.82, 2.24) is 5.43 Å². The van der Waals surface area contributed by atoms with E-state index in [1.807, 2.05) is 56.3 Å². The van der Waals surface area contributed by atoms with Gasteiger partial charge in [-0.2, -0.15) is 5.10 Å². The highest BCUT2D eigenvalue weighted by molar-refractivity contribution is 6.39. The van der Waals surface area contributed by atoms with E-state index in [4.69, 9.17) is 9.47 Å². The Balaban J connectivity index is 1.67. The quantitative estimate of drug-likeness (QED) is 0.273. The number of aryl methyl sites for hydroxylation is 1. The first-order valence-electron chi connectivity index (χ1n) is 10.4. The fourth-order valence-electron chi connectivity index (χ4n) is 3.01. The number of carbonyl (C=O) groups is 2. The summed E-state index contributed by atoms with van der Waals surface area (Å²) in [4.78, 5) is 24.3. The summed E-state index contributed by atoms with van der Waals surface area (Å²) in [5, 5.41) is 9.81. The number of hydrazone groups is 1. The lowest BCUT2D eigenvalue weighted by atomic mass is 10.1. The van der Waals surface area contributed by atoms with Crippen LogP contribution in [0.4, 0.5) is 17.1 Å². The van der Waals surface area contributed by atoms with Crippen LogP contribution in [0.5, 0.6) is 11.5 Å². The second-order valence-electron chi connectivity index (χ2n) is 6.98. The van der Waals surface area contributed by atoms with Gasteiger partial charge in [-0.15, -0.1) is 0 Å². The van der Waals surface area contributed by atoms with E-state index in [1.54, 1.807) is 31.4 Å². The van der Waals surface area contributed by atoms with E-state index >= 15 is 0 Å². The van der Waals surface area contributed by atoms with Crippen LogP contribution in [0.2, 0.25) is 0 Å². The van der Waals surface area contributed by atoms with E-state index in [-0.39, 0.29) is 0 Å². The lowest BCUT2D eigenvalue weighted by Gasteiger charge is -2.15. The van der Waals surface area contributed by atoms with Gasteiger partial charge < -0.3 is 20.1 Å². The molecule has 0 saturated heterocycles. The Morgan fingerprint density at radius 3 is 2.42 bits per heavy atom. The van der Waals surface area contributed by atoms with E-state index in [0.29, 0.717) is 35.0 Å². The summed E-state index contributed by atoms with van der Waals surface area (Å²) < 4.78 is 10.8. The maximum Gasteiger partial charge on any atom is 0.329 e. The molecule has 0 fully saturated rings. The molecule has 0 aromatic heterocycles. The van der Waals surface area contributed by atoms with Gasteiger partial charge in [0.05, 0.1) is 25.6 Å². The van der Waals surface area contributed by atoms with Crippen molar-refractivity contribution in [3.05, 3.63) is 77.9 Å². The number of ether oxygens (including phenoxy) is 2. The summed E-state index contributed by atoms with van der Waals surface area (Å²) >= 11 is 0. The molecule has 3 rings (SSSR count). The molecule has 8 heteroatoms. The minimum absolute atomic E-state index is 0.472. The molecular formula is C25H26N4O4. The number of rotatable bonds is 8. The topological polar surface area (TPSA) is 101 Å². The van der Waals surface area contributed by atoms with E-state index in [1.165, 1.54) is 6.21 Å². The molecule has 0 aliphatic carbocycles. The molecule has 8 nitrogen and oxygen atoms in total. The molecule has 0 spiro atoms. The monoisotopic (exact) mass is 446 g/mol. The molecule has 2 amide bonds. The lowest BCUT2D eigenvalue weighted by Crippen LogP contribution is -2.32. The Hall–Kier alpha value is -4.33. The molecule has 3 aromatic carbocycles. The Morgan fingerprint density at radius 1 is 0.970 bits per heavy atom. The van der Waals surface area contributed by atoms with Gasteiger partial charge in [0.15, 0.2) is 0 Å². The third-order valence-electron chi connectivity index (χ3n) is 4.68. The molecule has 0 atom stereocenters. The molecule has 0 unspecified atom stereocenters. The third-order valence-corrected chi connectivity index (χ3v) is 4.68. The van der Waals surface area contributed by atoms with Crippen molar-refractivity contribution in [1.29, 1.82) is 0 Å². The van der Waals surface area contributed by atoms with Gasteiger partial charge in [-0.3, -0.25) is 9.59 Å². The first-order valence-corrected chi connectivity index (χ1v) is 10.4. The Bertz CT molecular complexity index is 1140. The molecule has 0 aliphatic heterocycles. The number of nitrogens with zero attached hydrogens (tertiary/aromatic N) is 1. The molecule has 0 saturated carbocycles. The summed E-state index contributed by atoms with van der Waals surface area (Å²) in [6.45, 7) is 4.42. The number of hydrogen-bond donors (Lipinski definition) is 3. The van der Waals surface area contributed by atoms with Crippen LogP contribution < -0.4 is 25.5 Å². The third kappa shape index (κ3) is 6.33. The smallest absolute Gasteiger partial charge is 0.329 e. The van der Waals surface area contributed by atoms with Crippen LogP contribution in [0, 0.1) is 6.92 Å². The van der Waals surface area contributed by atoms with E-state index < -0.39 is 11.8 Å². The second-order valence-corrected chi connectivity index (χ2v) is 6.98. The fourth-order valence-corrected chi connectivity index (χ4v) is 3.01. The molecule has 0 bridgehead atoms. The van der Waals surface area contributed by atoms with E-state index in [2.05, 4.69) is 21.2 Å². The Labute approximate surface area is 192 Å². The van der Waals surface area contributed by atoms with Crippen LogP contribution in [0.1, 0.15) is 18.1 Å². The van der Waals surface area contributed by atoms with Crippen LogP contribution in [-0.2, 0) is 9.59 Å². The van der Waals surface area contributed by atoms with Gasteiger partial charge in [0.2, 0.25) is 0 Å². The number of methoxy groups -OCH3 is 1. The number of anilines is 3. The minimum atomic E-state index is -0.892. The number of para-hydroxylation sites is 2. The SMILES string of the molecule is CCOc1ccc(NC(=O)C(=O)N/N=C\c2cccc(OC)c2Nc2ccccc2C)cc1. The second kappa shape index (κ2) is 11.3. The van der Waals surface area contributed by atoms with Crippen molar-refractivity contribution in [2.75, 3.05) is 24.4 Å². The molecule has 33 heavy (non-hydrogen) atoms. The summed E-state index contributed by atoms with van der Waals surface area (Å²) in [7, 11) is 1.58. The van der Waals surface area contributed by atoms with Crippen LogP contribution in [0.3, 0.4) is 0 Å². The summed E-state index contributed by atoms with van der Waals surface area (Å²) in [5.41, 5.74) is 6.05. The minimum Gasteiger partial charge on any atom is -0.495 e. The van der Waals surface area contributed by atoms with Gasteiger partial charge in [0.25, 0.3) is 0 Å². The van der Waals surface area contributed by atoms with Crippen molar-refractivity contribution in [2.24, 2.45) is 5.10 Å². The van der Waals surface area contributed by atoms with Crippen molar-refractivity contribution < 1.29 is 19.1 Å². The van der Waals surface area contributed by atoms with Gasteiger partial charge >= 0.3 is 11.8 Å². The summed E-state index contributed by atoms with van der Waals surface area (Å²) in [6, 6.07) is 20.0. The Kier molecular flexibility index (Phi) is 8.02. The molecule has 170 valence electrons. The molecule has 0 heterocycles. The predicted molar refractivity (Wildman–Crippen MR) is 129 cm³/mol. The maximum atomic E-state index is 12.2. The average Bonchev–Trinajstić information content (AvgIpc) is 2.82. The number of amides is 2. The zero-order valence-corrected chi connectivity index (χ0v) is 18.7. The number of hydrogen-bond acceptors (Lipinski definition) is 6. The van der Waals surface area contributed by atoms with Gasteiger partial charge in [0, 0.05) is 16.9 Å². The predicted octanol–water partition coefficient (Wildman–Crippen LogP) is 4.23. The highest BCUT2D eigenvalue weighted by Gasteiger charge is 2.14. The highest BCUT2D eigenvalue weighted by Crippen LogP contribution is 2.31. The fraction of sp³-hybridized carbons (Fsp3) is 0.160. The van der Waals surface area contributed by atoms with Crippen molar-refractivity contribution in [3.8, 4) is 11.5 Å². The summed E-state index contributed by atoms with van der Waals surface area (Å²) in [5.74, 6) is -0.434. The number of nitrogens with one attached hydrogen (secondary N) is 3. The van der Waals surface area contributed by atoms with Crippen LogP contribution in [0.25, 0.3) is 0 Å². The van der Waals surface area contributed by atoms with Gasteiger partial charge in [0.1, 0.15) is 11.5 Å². The largest absolute Gasteiger partial charge is 0.495 e. The highest BCUT2D eigenvalue weighted by atomic mass is 16.5. The average molecular weight is 447 g/mol. The zero-order valence-electron chi connectivity index (χ0n) is 18.7. The normalized spacial score (nSPS) is 10.5. The van der Waals surface area contributed by atoms with Gasteiger partial charge in [-0.05, 0) is 55.8 Å². The number of carbonyl (C=O) groups excluding carboxylic acids is 2. The molecule has 0 radical (unpaired) electrons.